The van der Waals surface area contributed by atoms with Crippen molar-refractivity contribution in [3.8, 4) is 0 Å². The van der Waals surface area contributed by atoms with Crippen LogP contribution in [0.5, 0.6) is 0 Å². The van der Waals surface area contributed by atoms with Crippen molar-refractivity contribution in [2.24, 2.45) is 0 Å². The molecule has 2 rings (SSSR count). The molecule has 78 valence electrons. The van der Waals surface area contributed by atoms with Gasteiger partial charge in [-0.3, -0.25) is 9.36 Å². The second kappa shape index (κ2) is 3.78. The van der Waals surface area contributed by atoms with E-state index in [9.17, 15) is 9.18 Å². The third kappa shape index (κ3) is 1.73. The van der Waals surface area contributed by atoms with Gasteiger partial charge in [0.15, 0.2) is 0 Å². The minimum atomic E-state index is -0.388. The molecule has 0 radical (unpaired) electrons. The topological polar surface area (TPSA) is 46.9 Å². The summed E-state index contributed by atoms with van der Waals surface area (Å²) in [5.41, 5.74) is 0.210. The Morgan fingerprint density at radius 1 is 1.53 bits per heavy atom. The van der Waals surface area contributed by atoms with Gasteiger partial charge in [-0.2, -0.15) is 0 Å². The summed E-state index contributed by atoms with van der Waals surface area (Å²) >= 11 is 0. The molecule has 2 aromatic rings. The molecule has 0 atom stereocenters. The molecule has 1 aromatic carbocycles. The van der Waals surface area contributed by atoms with E-state index >= 15 is 0 Å². The van der Waals surface area contributed by atoms with Gasteiger partial charge in [-0.05, 0) is 19.2 Å². The molecule has 1 N–H and O–H groups in total. The van der Waals surface area contributed by atoms with Crippen molar-refractivity contribution in [2.75, 3.05) is 7.05 Å². The maximum Gasteiger partial charge on any atom is 0.262 e. The van der Waals surface area contributed by atoms with Crippen LogP contribution in [0.25, 0.3) is 10.9 Å². The largest absolute Gasteiger partial charge is 0.303 e. The molecule has 0 saturated carbocycles. The Labute approximate surface area is 85.4 Å². The van der Waals surface area contributed by atoms with E-state index in [0.29, 0.717) is 17.6 Å². The van der Waals surface area contributed by atoms with Crippen molar-refractivity contribution in [3.63, 3.8) is 0 Å². The highest BCUT2D eigenvalue weighted by atomic mass is 19.1. The lowest BCUT2D eigenvalue weighted by Crippen LogP contribution is -2.26. The van der Waals surface area contributed by atoms with E-state index in [1.54, 1.807) is 7.05 Å². The van der Waals surface area contributed by atoms with Gasteiger partial charge in [0.2, 0.25) is 0 Å². The summed E-state index contributed by atoms with van der Waals surface area (Å²) in [5.74, 6) is -0.388. The zero-order valence-corrected chi connectivity index (χ0v) is 8.20. The lowest BCUT2D eigenvalue weighted by molar-refractivity contribution is 0.592. The second-order valence-corrected chi connectivity index (χ2v) is 3.19. The number of benzene rings is 1. The van der Waals surface area contributed by atoms with Crippen molar-refractivity contribution in [1.82, 2.24) is 14.9 Å². The fourth-order valence-corrected chi connectivity index (χ4v) is 1.41. The van der Waals surface area contributed by atoms with E-state index in [1.165, 1.54) is 29.1 Å². The van der Waals surface area contributed by atoms with Gasteiger partial charge >= 0.3 is 0 Å². The first-order chi connectivity index (χ1) is 7.22. The van der Waals surface area contributed by atoms with E-state index in [2.05, 4.69) is 10.3 Å². The Balaban J connectivity index is 2.69. The first-order valence-electron chi connectivity index (χ1n) is 4.51. The molecule has 0 aliphatic carbocycles. The summed E-state index contributed by atoms with van der Waals surface area (Å²) in [6.45, 7) is 0.388. The quantitative estimate of drug-likeness (QED) is 0.789. The third-order valence-corrected chi connectivity index (χ3v) is 2.12. The van der Waals surface area contributed by atoms with Crippen LogP contribution in [0.4, 0.5) is 4.39 Å². The molecule has 0 aliphatic rings. The van der Waals surface area contributed by atoms with Crippen LogP contribution >= 0.6 is 0 Å². The minimum Gasteiger partial charge on any atom is -0.303 e. The molecule has 4 nitrogen and oxygen atoms in total. The number of hydrogen-bond donors (Lipinski definition) is 1. The van der Waals surface area contributed by atoms with E-state index < -0.39 is 0 Å². The molecular formula is C10H10FN3O. The van der Waals surface area contributed by atoms with E-state index in [4.69, 9.17) is 0 Å². The van der Waals surface area contributed by atoms with Gasteiger partial charge in [0.05, 0.1) is 23.9 Å². The van der Waals surface area contributed by atoms with Crippen LogP contribution in [0.1, 0.15) is 0 Å². The fourth-order valence-electron chi connectivity index (χ4n) is 1.41. The van der Waals surface area contributed by atoms with Crippen LogP contribution in [-0.2, 0) is 6.67 Å². The van der Waals surface area contributed by atoms with Crippen LogP contribution in [0, 0.1) is 5.82 Å². The molecule has 0 unspecified atom stereocenters. The van der Waals surface area contributed by atoms with Gasteiger partial charge in [-0.15, -0.1) is 0 Å². The normalized spacial score (nSPS) is 10.8. The lowest BCUT2D eigenvalue weighted by atomic mass is 10.2. The van der Waals surface area contributed by atoms with Crippen molar-refractivity contribution in [2.45, 2.75) is 6.67 Å². The van der Waals surface area contributed by atoms with Crippen LogP contribution in [0.15, 0.2) is 29.3 Å². The Morgan fingerprint density at radius 3 is 3.07 bits per heavy atom. The van der Waals surface area contributed by atoms with Crippen LogP contribution in [0.3, 0.4) is 0 Å². The molecule has 15 heavy (non-hydrogen) atoms. The summed E-state index contributed by atoms with van der Waals surface area (Å²) in [4.78, 5) is 15.8. The Morgan fingerprint density at radius 2 is 2.33 bits per heavy atom. The maximum atomic E-state index is 12.9. The second-order valence-electron chi connectivity index (χ2n) is 3.19. The van der Waals surface area contributed by atoms with Crippen LogP contribution in [0.2, 0.25) is 0 Å². The molecule has 0 amide bonds. The number of nitrogens with zero attached hydrogens (tertiary/aromatic N) is 2. The standard InChI is InChI=1S/C10H10FN3O/c1-12-5-14-6-13-9-4-7(11)2-3-8(9)10(14)15/h2-4,6,12H,5H2,1H3. The zero-order valence-electron chi connectivity index (χ0n) is 8.20. The van der Waals surface area contributed by atoms with Gasteiger partial charge in [0, 0.05) is 6.07 Å². The van der Waals surface area contributed by atoms with Crippen molar-refractivity contribution in [1.29, 1.82) is 0 Å². The van der Waals surface area contributed by atoms with E-state index in [-0.39, 0.29) is 11.4 Å². The highest BCUT2D eigenvalue weighted by molar-refractivity contribution is 5.77. The SMILES string of the molecule is CNCn1cnc2cc(F)ccc2c1=O. The molecule has 0 aliphatic heterocycles. The van der Waals surface area contributed by atoms with Crippen molar-refractivity contribution in [3.05, 3.63) is 40.7 Å². The Bertz CT molecular complexity index is 550. The van der Waals surface area contributed by atoms with E-state index in [1.807, 2.05) is 0 Å². The summed E-state index contributed by atoms with van der Waals surface area (Å²) < 4.78 is 14.3. The lowest BCUT2D eigenvalue weighted by Gasteiger charge is -2.04. The molecule has 0 bridgehead atoms. The summed E-state index contributed by atoms with van der Waals surface area (Å²) in [5, 5.41) is 3.27. The van der Waals surface area contributed by atoms with Gasteiger partial charge in [0.1, 0.15) is 5.82 Å². The number of aromatic nitrogens is 2. The predicted molar refractivity (Wildman–Crippen MR) is 55.0 cm³/mol. The first kappa shape index (κ1) is 9.79. The molecule has 0 fully saturated rings. The van der Waals surface area contributed by atoms with E-state index in [0.717, 1.165) is 0 Å². The highest BCUT2D eigenvalue weighted by Crippen LogP contribution is 2.07. The average Bonchev–Trinajstić information content (AvgIpc) is 2.22. The van der Waals surface area contributed by atoms with Gasteiger partial charge in [-0.25, -0.2) is 9.37 Å². The molecule has 5 heteroatoms. The maximum absolute atomic E-state index is 12.9. The van der Waals surface area contributed by atoms with Gasteiger partial charge in [-0.1, -0.05) is 0 Å². The fraction of sp³-hybridized carbons (Fsp3) is 0.200. The van der Waals surface area contributed by atoms with Crippen molar-refractivity contribution >= 4 is 10.9 Å². The van der Waals surface area contributed by atoms with Gasteiger partial charge in [0.25, 0.3) is 5.56 Å². The zero-order chi connectivity index (χ0) is 10.8. The molecule has 1 heterocycles. The number of nitrogens with one attached hydrogen (secondary N) is 1. The first-order valence-corrected chi connectivity index (χ1v) is 4.51. The molecule has 0 spiro atoms. The van der Waals surface area contributed by atoms with Crippen molar-refractivity contribution < 1.29 is 4.39 Å². The van der Waals surface area contributed by atoms with Crippen LogP contribution < -0.4 is 10.9 Å². The molecular weight excluding hydrogens is 197 g/mol. The van der Waals surface area contributed by atoms with Crippen LogP contribution in [-0.4, -0.2) is 16.6 Å². The summed E-state index contributed by atoms with van der Waals surface area (Å²) in [7, 11) is 1.74. The monoisotopic (exact) mass is 207 g/mol. The summed E-state index contributed by atoms with van der Waals surface area (Å²) in [6.07, 6.45) is 1.40. The highest BCUT2D eigenvalue weighted by Gasteiger charge is 2.03. The minimum absolute atomic E-state index is 0.172. The Hall–Kier alpha value is -1.75. The molecule has 1 aromatic heterocycles. The Kier molecular flexibility index (Phi) is 2.47. The molecule has 0 saturated heterocycles. The summed E-state index contributed by atoms with van der Waals surface area (Å²) in [6, 6.07) is 3.96. The number of rotatable bonds is 2. The van der Waals surface area contributed by atoms with Gasteiger partial charge < -0.3 is 5.32 Å². The predicted octanol–water partition coefficient (Wildman–Crippen LogP) is 0.712. The number of hydrogen-bond acceptors (Lipinski definition) is 3. The smallest absolute Gasteiger partial charge is 0.262 e. The average molecular weight is 207 g/mol. The number of halogens is 1. The third-order valence-electron chi connectivity index (χ3n) is 2.12. The number of fused-ring (bicyclic) bond motifs is 1.